The molecule has 5 heterocycles. The first-order valence-electron chi connectivity index (χ1n) is 10.5. The fourth-order valence-corrected chi connectivity index (χ4v) is 5.76. The molecule has 2 saturated heterocycles. The summed E-state index contributed by atoms with van der Waals surface area (Å²) in [6.45, 7) is 2.57. The molecule has 2 fully saturated rings. The number of β-amino-alcohol motifs (C(OH)–C–C–N with tert-alkyl or cyclic N) is 1. The van der Waals surface area contributed by atoms with Gasteiger partial charge in [-0.15, -0.1) is 0 Å². The van der Waals surface area contributed by atoms with Crippen molar-refractivity contribution in [1.82, 2.24) is 14.4 Å². The normalized spacial score (nSPS) is 25.3. The topological polar surface area (TPSA) is 82.9 Å². The molecule has 158 valence electrons. The summed E-state index contributed by atoms with van der Waals surface area (Å²) in [7, 11) is 0. The first-order valence-corrected chi connectivity index (χ1v) is 11.4. The number of fused-ring (bicyclic) bond motifs is 4. The fraction of sp³-hybridized carbons (Fsp3) is 0.500. The lowest BCUT2D eigenvalue weighted by atomic mass is 9.82. The summed E-state index contributed by atoms with van der Waals surface area (Å²) in [4.78, 5) is 42.2. The van der Waals surface area contributed by atoms with Crippen LogP contribution in [0.3, 0.4) is 0 Å². The molecule has 7 nitrogen and oxygen atoms in total. The number of hydrogen-bond acceptors (Lipinski definition) is 5. The van der Waals surface area contributed by atoms with Gasteiger partial charge in [0.1, 0.15) is 5.56 Å². The van der Waals surface area contributed by atoms with Gasteiger partial charge >= 0.3 is 0 Å². The third-order valence-corrected chi connectivity index (χ3v) is 7.31. The Bertz CT molecular complexity index is 1030. The molecule has 0 aromatic carbocycles. The van der Waals surface area contributed by atoms with Crippen LogP contribution in [-0.2, 0) is 17.8 Å². The molecule has 30 heavy (non-hydrogen) atoms. The lowest BCUT2D eigenvalue weighted by Crippen LogP contribution is -2.50. The minimum Gasteiger partial charge on any atom is -0.391 e. The highest BCUT2D eigenvalue weighted by Crippen LogP contribution is 2.35. The van der Waals surface area contributed by atoms with Crippen molar-refractivity contribution in [3.63, 3.8) is 0 Å². The molecule has 3 aliphatic heterocycles. The van der Waals surface area contributed by atoms with E-state index in [9.17, 15) is 19.5 Å². The zero-order valence-corrected chi connectivity index (χ0v) is 17.5. The zero-order valence-electron chi connectivity index (χ0n) is 16.7. The monoisotopic (exact) mass is 427 g/mol. The van der Waals surface area contributed by atoms with E-state index in [0.29, 0.717) is 39.0 Å². The number of hydrogen-bond donors (Lipinski definition) is 1. The first kappa shape index (κ1) is 19.5. The van der Waals surface area contributed by atoms with Crippen LogP contribution in [0, 0.1) is 5.92 Å². The van der Waals surface area contributed by atoms with Crippen LogP contribution >= 0.6 is 11.3 Å². The molecule has 0 radical (unpaired) electrons. The largest absolute Gasteiger partial charge is 0.391 e. The van der Waals surface area contributed by atoms with E-state index in [2.05, 4.69) is 0 Å². The van der Waals surface area contributed by atoms with Crippen LogP contribution in [0.5, 0.6) is 0 Å². The molecule has 0 saturated carbocycles. The Labute approximate surface area is 178 Å². The lowest BCUT2D eigenvalue weighted by molar-refractivity contribution is -0.133. The Kier molecular flexibility index (Phi) is 4.99. The maximum Gasteiger partial charge on any atom is 0.263 e. The highest BCUT2D eigenvalue weighted by Gasteiger charge is 2.37. The van der Waals surface area contributed by atoms with Crippen LogP contribution in [0.2, 0.25) is 0 Å². The zero-order chi connectivity index (χ0) is 20.8. The smallest absolute Gasteiger partial charge is 0.263 e. The Balaban J connectivity index is 1.37. The number of pyridine rings is 1. The van der Waals surface area contributed by atoms with Crippen LogP contribution in [0.15, 0.2) is 33.8 Å². The van der Waals surface area contributed by atoms with E-state index >= 15 is 0 Å². The Hall–Kier alpha value is -2.45. The number of nitrogens with zero attached hydrogens (tertiary/aromatic N) is 3. The lowest BCUT2D eigenvalue weighted by Gasteiger charge is -2.43. The minimum atomic E-state index is -0.508. The third-order valence-electron chi connectivity index (χ3n) is 6.57. The van der Waals surface area contributed by atoms with E-state index in [1.54, 1.807) is 26.9 Å². The van der Waals surface area contributed by atoms with Crippen molar-refractivity contribution < 1.29 is 14.7 Å². The van der Waals surface area contributed by atoms with Crippen molar-refractivity contribution in [2.75, 3.05) is 26.2 Å². The van der Waals surface area contributed by atoms with Gasteiger partial charge in [-0.1, -0.05) is 0 Å². The molecular formula is C22H25N3O4S. The number of rotatable bonds is 3. The van der Waals surface area contributed by atoms with E-state index in [4.69, 9.17) is 0 Å². The molecule has 3 aliphatic rings. The van der Waals surface area contributed by atoms with Gasteiger partial charge in [0.05, 0.1) is 12.5 Å². The fourth-order valence-electron chi connectivity index (χ4n) is 5.09. The second kappa shape index (κ2) is 7.67. The van der Waals surface area contributed by atoms with E-state index in [0.717, 1.165) is 17.7 Å². The Morgan fingerprint density at radius 3 is 2.70 bits per heavy atom. The molecule has 1 N–H and O–H groups in total. The molecule has 2 bridgehead atoms. The van der Waals surface area contributed by atoms with Gasteiger partial charge in [0.25, 0.3) is 11.5 Å². The molecule has 3 atom stereocenters. The summed E-state index contributed by atoms with van der Waals surface area (Å²) in [5.74, 6) is 0.183. The van der Waals surface area contributed by atoms with Crippen LogP contribution in [0.1, 0.15) is 40.4 Å². The summed E-state index contributed by atoms with van der Waals surface area (Å²) >= 11 is 1.60. The second-order valence-corrected chi connectivity index (χ2v) is 9.47. The number of amides is 2. The SMILES string of the molecule is O=C(Cc1ccsc1)N1C[C@@H]2C[C@H](C1)c1ccc(C(=O)N3CC[C@H](O)C3)c(=O)n1C2. The summed E-state index contributed by atoms with van der Waals surface area (Å²) < 4.78 is 1.75. The summed E-state index contributed by atoms with van der Waals surface area (Å²) in [5, 5.41) is 13.7. The van der Waals surface area contributed by atoms with Gasteiger partial charge in [-0.2, -0.15) is 11.3 Å². The number of aromatic nitrogens is 1. The average molecular weight is 428 g/mol. The Morgan fingerprint density at radius 1 is 1.10 bits per heavy atom. The molecule has 2 aromatic rings. The van der Waals surface area contributed by atoms with Crippen LogP contribution < -0.4 is 5.56 Å². The minimum absolute atomic E-state index is 0.120. The number of carbonyl (C=O) groups is 2. The highest BCUT2D eigenvalue weighted by molar-refractivity contribution is 7.08. The van der Waals surface area contributed by atoms with Gasteiger partial charge in [-0.05, 0) is 53.3 Å². The van der Waals surface area contributed by atoms with Crippen molar-refractivity contribution in [3.8, 4) is 0 Å². The van der Waals surface area contributed by atoms with Gasteiger partial charge < -0.3 is 19.5 Å². The van der Waals surface area contributed by atoms with Crippen molar-refractivity contribution >= 4 is 23.2 Å². The van der Waals surface area contributed by atoms with Gasteiger partial charge in [-0.3, -0.25) is 14.4 Å². The standard InChI is InChI=1S/C22H25N3O4S/c26-17-3-5-23(12-17)21(28)18-1-2-19-16-7-15(10-25(19)22(18)29)9-24(11-16)20(27)8-14-4-6-30-13-14/h1-2,4,6,13,15-17,26H,3,5,7-12H2/t15-,16+,17-/m0/s1. The van der Waals surface area contributed by atoms with Gasteiger partial charge in [0.2, 0.25) is 5.91 Å². The number of thiophene rings is 1. The summed E-state index contributed by atoms with van der Waals surface area (Å²) in [6, 6.07) is 5.50. The van der Waals surface area contributed by atoms with E-state index < -0.39 is 6.10 Å². The molecule has 2 amide bonds. The van der Waals surface area contributed by atoms with Crippen LogP contribution in [0.4, 0.5) is 0 Å². The van der Waals surface area contributed by atoms with E-state index in [1.807, 2.05) is 27.8 Å². The first-order chi connectivity index (χ1) is 14.5. The quantitative estimate of drug-likeness (QED) is 0.801. The molecule has 5 rings (SSSR count). The third kappa shape index (κ3) is 3.48. The molecule has 8 heteroatoms. The van der Waals surface area contributed by atoms with Gasteiger partial charge in [-0.25, -0.2) is 0 Å². The Morgan fingerprint density at radius 2 is 1.97 bits per heavy atom. The number of piperidine rings is 1. The van der Waals surface area contributed by atoms with Crippen molar-refractivity contribution in [2.45, 2.75) is 37.8 Å². The van der Waals surface area contributed by atoms with Gasteiger partial charge in [0.15, 0.2) is 0 Å². The second-order valence-electron chi connectivity index (χ2n) is 8.69. The average Bonchev–Trinajstić information content (AvgIpc) is 3.40. The van der Waals surface area contributed by atoms with Crippen molar-refractivity contribution in [2.24, 2.45) is 5.92 Å². The number of carbonyl (C=O) groups excluding carboxylic acids is 2. The summed E-state index contributed by atoms with van der Waals surface area (Å²) in [5.41, 5.74) is 1.90. The highest BCUT2D eigenvalue weighted by atomic mass is 32.1. The van der Waals surface area contributed by atoms with E-state index in [1.165, 1.54) is 0 Å². The predicted octanol–water partition coefficient (Wildman–Crippen LogP) is 1.30. The van der Waals surface area contributed by atoms with E-state index in [-0.39, 0.29) is 41.3 Å². The molecule has 0 spiro atoms. The number of likely N-dealkylation sites (tertiary alicyclic amines) is 2. The summed E-state index contributed by atoms with van der Waals surface area (Å²) in [6.07, 6.45) is 1.43. The molecule has 0 aliphatic carbocycles. The number of aliphatic hydroxyl groups is 1. The van der Waals surface area contributed by atoms with Crippen molar-refractivity contribution in [1.29, 1.82) is 0 Å². The maximum absolute atomic E-state index is 13.1. The maximum atomic E-state index is 13.1. The molecular weight excluding hydrogens is 402 g/mol. The van der Waals surface area contributed by atoms with Crippen LogP contribution in [0.25, 0.3) is 0 Å². The van der Waals surface area contributed by atoms with Gasteiger partial charge in [0, 0.05) is 44.3 Å². The molecule has 0 unspecified atom stereocenters. The predicted molar refractivity (Wildman–Crippen MR) is 113 cm³/mol. The number of aliphatic hydroxyl groups excluding tert-OH is 1. The van der Waals surface area contributed by atoms with Crippen molar-refractivity contribution in [3.05, 3.63) is 56.1 Å². The molecule has 2 aromatic heterocycles. The van der Waals surface area contributed by atoms with Crippen LogP contribution in [-0.4, -0.2) is 63.6 Å².